The fourth-order valence-corrected chi connectivity index (χ4v) is 1.74. The summed E-state index contributed by atoms with van der Waals surface area (Å²) in [6, 6.07) is -0.309. The maximum Gasteiger partial charge on any atom is 0.410 e. The molecule has 106 valence electrons. The Morgan fingerprint density at radius 3 is 2.42 bits per heavy atom. The van der Waals surface area contributed by atoms with Gasteiger partial charge in [-0.15, -0.1) is 0 Å². The van der Waals surface area contributed by atoms with E-state index in [9.17, 15) is 13.2 Å². The standard InChI is InChI=1S/C10H9ClF3N3.C2H6/c1-5-7-4-15-9(11)3-8(7)17(16-5)6(2)10(12,13)14;1-2/h3-4,6H,1-2H3;1-2H3. The normalized spacial score (nSPS) is 13.1. The molecule has 7 heteroatoms. The van der Waals surface area contributed by atoms with E-state index in [2.05, 4.69) is 10.1 Å². The summed E-state index contributed by atoms with van der Waals surface area (Å²) < 4.78 is 38.9. The van der Waals surface area contributed by atoms with Crippen molar-refractivity contribution in [3.05, 3.63) is 23.1 Å². The van der Waals surface area contributed by atoms with E-state index in [1.165, 1.54) is 12.3 Å². The van der Waals surface area contributed by atoms with Gasteiger partial charge in [0.15, 0.2) is 0 Å². The summed E-state index contributed by atoms with van der Waals surface area (Å²) >= 11 is 5.69. The zero-order valence-electron chi connectivity index (χ0n) is 11.1. The van der Waals surface area contributed by atoms with Crippen molar-refractivity contribution in [3.63, 3.8) is 0 Å². The second-order valence-electron chi connectivity index (χ2n) is 3.77. The summed E-state index contributed by atoms with van der Waals surface area (Å²) in [5, 5.41) is 4.62. The molecule has 19 heavy (non-hydrogen) atoms. The van der Waals surface area contributed by atoms with Gasteiger partial charge in [-0.2, -0.15) is 18.3 Å². The van der Waals surface area contributed by atoms with Gasteiger partial charge in [-0.05, 0) is 13.8 Å². The topological polar surface area (TPSA) is 30.7 Å². The number of nitrogens with zero attached hydrogens (tertiary/aromatic N) is 3. The van der Waals surface area contributed by atoms with Crippen LogP contribution >= 0.6 is 11.6 Å². The van der Waals surface area contributed by atoms with Crippen LogP contribution in [0, 0.1) is 6.92 Å². The van der Waals surface area contributed by atoms with E-state index in [0.29, 0.717) is 16.6 Å². The number of pyridine rings is 1. The Morgan fingerprint density at radius 2 is 1.89 bits per heavy atom. The van der Waals surface area contributed by atoms with E-state index in [1.807, 2.05) is 13.8 Å². The van der Waals surface area contributed by atoms with E-state index in [4.69, 9.17) is 11.6 Å². The quantitative estimate of drug-likeness (QED) is 0.723. The van der Waals surface area contributed by atoms with Crippen molar-refractivity contribution in [3.8, 4) is 0 Å². The second kappa shape index (κ2) is 5.77. The van der Waals surface area contributed by atoms with Crippen molar-refractivity contribution < 1.29 is 13.2 Å². The number of halogens is 4. The molecule has 0 spiro atoms. The van der Waals surface area contributed by atoms with Crippen LogP contribution in [-0.2, 0) is 0 Å². The first-order valence-electron chi connectivity index (χ1n) is 5.88. The average molecular weight is 294 g/mol. The van der Waals surface area contributed by atoms with Crippen LogP contribution in [0.15, 0.2) is 12.3 Å². The van der Waals surface area contributed by atoms with Gasteiger partial charge in [-0.1, -0.05) is 25.4 Å². The Balaban J connectivity index is 0.000000861. The van der Waals surface area contributed by atoms with Crippen molar-refractivity contribution in [1.82, 2.24) is 14.8 Å². The number of alkyl halides is 3. The van der Waals surface area contributed by atoms with Crippen LogP contribution in [0.4, 0.5) is 13.2 Å². The molecule has 2 aromatic heterocycles. The lowest BCUT2D eigenvalue weighted by atomic mass is 10.2. The monoisotopic (exact) mass is 293 g/mol. The molecule has 0 aliphatic rings. The number of hydrogen-bond donors (Lipinski definition) is 0. The summed E-state index contributed by atoms with van der Waals surface area (Å²) in [4.78, 5) is 3.83. The summed E-state index contributed by atoms with van der Waals surface area (Å²) in [5.74, 6) is 0. The van der Waals surface area contributed by atoms with E-state index in [0.717, 1.165) is 11.6 Å². The third-order valence-corrected chi connectivity index (χ3v) is 2.79. The zero-order chi connectivity index (χ0) is 14.8. The van der Waals surface area contributed by atoms with Gasteiger partial charge in [0.2, 0.25) is 0 Å². The SMILES string of the molecule is CC.Cc1nn(C(C)C(F)(F)F)c2cc(Cl)ncc12. The van der Waals surface area contributed by atoms with Crippen molar-refractivity contribution in [2.75, 3.05) is 0 Å². The lowest BCUT2D eigenvalue weighted by molar-refractivity contribution is -0.164. The molecular formula is C12H15ClF3N3. The third-order valence-electron chi connectivity index (χ3n) is 2.58. The van der Waals surface area contributed by atoms with Crippen molar-refractivity contribution in [1.29, 1.82) is 0 Å². The van der Waals surface area contributed by atoms with Gasteiger partial charge < -0.3 is 0 Å². The minimum atomic E-state index is -4.35. The largest absolute Gasteiger partial charge is 0.410 e. The van der Waals surface area contributed by atoms with E-state index in [1.54, 1.807) is 6.92 Å². The predicted molar refractivity (Wildman–Crippen MR) is 69.4 cm³/mol. The van der Waals surface area contributed by atoms with Crippen LogP contribution in [0.1, 0.15) is 32.5 Å². The average Bonchev–Trinajstić information content (AvgIpc) is 2.66. The fourth-order valence-electron chi connectivity index (χ4n) is 1.59. The molecule has 2 rings (SSSR count). The van der Waals surface area contributed by atoms with Crippen molar-refractivity contribution in [2.45, 2.75) is 39.9 Å². The first-order chi connectivity index (χ1) is 8.80. The van der Waals surface area contributed by atoms with Gasteiger partial charge in [-0.3, -0.25) is 4.68 Å². The van der Waals surface area contributed by atoms with Gasteiger partial charge in [0.05, 0.1) is 11.2 Å². The lowest BCUT2D eigenvalue weighted by Gasteiger charge is -2.16. The molecule has 0 amide bonds. The lowest BCUT2D eigenvalue weighted by Crippen LogP contribution is -2.24. The first kappa shape index (κ1) is 15.8. The molecule has 0 saturated heterocycles. The second-order valence-corrected chi connectivity index (χ2v) is 4.16. The molecule has 0 radical (unpaired) electrons. The Hall–Kier alpha value is -1.30. The van der Waals surface area contributed by atoms with Crippen molar-refractivity contribution >= 4 is 22.5 Å². The molecule has 0 fully saturated rings. The molecule has 0 aliphatic heterocycles. The number of fused-ring (bicyclic) bond motifs is 1. The molecule has 0 N–H and O–H groups in total. The molecule has 3 nitrogen and oxygen atoms in total. The van der Waals surface area contributed by atoms with E-state index < -0.39 is 12.2 Å². The first-order valence-corrected chi connectivity index (χ1v) is 6.25. The van der Waals surface area contributed by atoms with Crippen LogP contribution in [0.2, 0.25) is 5.15 Å². The Kier molecular flexibility index (Phi) is 4.79. The van der Waals surface area contributed by atoms with Gasteiger partial charge in [0.1, 0.15) is 11.2 Å². The van der Waals surface area contributed by atoms with E-state index in [-0.39, 0.29) is 5.15 Å². The van der Waals surface area contributed by atoms with Gasteiger partial charge in [-0.25, -0.2) is 4.98 Å². The molecule has 1 atom stereocenters. The highest BCUT2D eigenvalue weighted by molar-refractivity contribution is 6.30. The minimum Gasteiger partial charge on any atom is -0.252 e. The van der Waals surface area contributed by atoms with E-state index >= 15 is 0 Å². The summed E-state index contributed by atoms with van der Waals surface area (Å²) in [7, 11) is 0. The van der Waals surface area contributed by atoms with Crippen LogP contribution in [0.3, 0.4) is 0 Å². The molecule has 0 aliphatic carbocycles. The van der Waals surface area contributed by atoms with Gasteiger partial charge >= 0.3 is 6.18 Å². The molecule has 1 unspecified atom stereocenters. The van der Waals surface area contributed by atoms with Gasteiger partial charge in [0, 0.05) is 17.6 Å². The Bertz CT molecular complexity index is 563. The molecular weight excluding hydrogens is 279 g/mol. The van der Waals surface area contributed by atoms with Crippen LogP contribution in [-0.4, -0.2) is 20.9 Å². The minimum absolute atomic E-state index is 0.146. The molecule has 0 bridgehead atoms. The highest BCUT2D eigenvalue weighted by atomic mass is 35.5. The predicted octanol–water partition coefficient (Wildman–Crippen LogP) is 4.54. The number of rotatable bonds is 1. The Labute approximate surface area is 114 Å². The summed E-state index contributed by atoms with van der Waals surface area (Å²) in [6.45, 7) is 6.69. The van der Waals surface area contributed by atoms with Crippen LogP contribution in [0.25, 0.3) is 10.9 Å². The number of aromatic nitrogens is 3. The maximum absolute atomic E-state index is 12.7. The fraction of sp³-hybridized carbons (Fsp3) is 0.500. The third kappa shape index (κ3) is 3.18. The highest BCUT2D eigenvalue weighted by Gasteiger charge is 2.38. The van der Waals surface area contributed by atoms with Crippen molar-refractivity contribution in [2.24, 2.45) is 0 Å². The molecule has 2 aromatic rings. The summed E-state index contributed by atoms with van der Waals surface area (Å²) in [5.41, 5.74) is 0.840. The molecule has 0 aromatic carbocycles. The highest BCUT2D eigenvalue weighted by Crippen LogP contribution is 2.33. The van der Waals surface area contributed by atoms with Crippen LogP contribution < -0.4 is 0 Å². The zero-order valence-corrected chi connectivity index (χ0v) is 11.8. The molecule has 0 saturated carbocycles. The Morgan fingerprint density at radius 1 is 1.32 bits per heavy atom. The summed E-state index contributed by atoms with van der Waals surface area (Å²) in [6.07, 6.45) is -2.92. The number of hydrogen-bond acceptors (Lipinski definition) is 2. The molecule has 2 heterocycles. The maximum atomic E-state index is 12.7. The smallest absolute Gasteiger partial charge is 0.252 e. The van der Waals surface area contributed by atoms with Crippen LogP contribution in [0.5, 0.6) is 0 Å². The number of aryl methyl sites for hydroxylation is 1. The van der Waals surface area contributed by atoms with Gasteiger partial charge in [0.25, 0.3) is 0 Å².